The molecule has 0 aromatic carbocycles. The summed E-state index contributed by atoms with van der Waals surface area (Å²) in [6, 6.07) is 1.20. The van der Waals surface area contributed by atoms with Crippen LogP contribution < -0.4 is 5.73 Å². The Hall–Kier alpha value is -0.120. The summed E-state index contributed by atoms with van der Waals surface area (Å²) in [7, 11) is 0. The molecule has 0 aromatic heterocycles. The highest BCUT2D eigenvalue weighted by Crippen LogP contribution is 2.50. The first-order valence-corrected chi connectivity index (χ1v) is 6.90. The fourth-order valence-electron chi connectivity index (χ4n) is 3.99. The summed E-state index contributed by atoms with van der Waals surface area (Å²) in [4.78, 5) is 2.72. The summed E-state index contributed by atoms with van der Waals surface area (Å²) >= 11 is 0. The zero-order chi connectivity index (χ0) is 11.0. The normalized spacial score (nSPS) is 39.6. The lowest BCUT2D eigenvalue weighted by Gasteiger charge is -2.60. The minimum absolute atomic E-state index is 0.412. The number of nitrogens with zero attached hydrogens (tertiary/aromatic N) is 1. The number of nitrogens with two attached hydrogens (primary N) is 1. The average Bonchev–Trinajstić information content (AvgIpc) is 2.38. The molecule has 2 N–H and O–H groups in total. The molecule has 2 saturated heterocycles. The molecule has 1 spiro atoms. The fourth-order valence-corrected chi connectivity index (χ4v) is 3.99. The molecule has 2 unspecified atom stereocenters. The highest BCUT2D eigenvalue weighted by atomic mass is 16.5. The number of likely N-dealkylation sites (tertiary alicyclic amines) is 1. The van der Waals surface area contributed by atoms with Crippen molar-refractivity contribution in [1.82, 2.24) is 4.90 Å². The van der Waals surface area contributed by atoms with Crippen molar-refractivity contribution in [2.45, 2.75) is 50.6 Å². The van der Waals surface area contributed by atoms with Crippen LogP contribution in [-0.2, 0) is 4.74 Å². The molecule has 2 aliphatic heterocycles. The van der Waals surface area contributed by atoms with Crippen molar-refractivity contribution in [2.24, 2.45) is 11.1 Å². The van der Waals surface area contributed by atoms with Crippen LogP contribution in [0.25, 0.3) is 0 Å². The Labute approximate surface area is 98.3 Å². The molecule has 0 radical (unpaired) electrons. The average molecular weight is 224 g/mol. The largest absolute Gasteiger partial charge is 0.381 e. The van der Waals surface area contributed by atoms with E-state index in [1.807, 2.05) is 0 Å². The van der Waals surface area contributed by atoms with Gasteiger partial charge < -0.3 is 10.5 Å². The van der Waals surface area contributed by atoms with Crippen LogP contribution in [-0.4, -0.2) is 43.3 Å². The highest BCUT2D eigenvalue weighted by Gasteiger charge is 2.55. The Kier molecular flexibility index (Phi) is 2.94. The topological polar surface area (TPSA) is 38.5 Å². The van der Waals surface area contributed by atoms with E-state index < -0.39 is 0 Å². The molecule has 3 rings (SSSR count). The SMILES string of the molecule is NC1CC(N2CCCCC2)C12CCOCC2. The molecule has 2 heterocycles. The van der Waals surface area contributed by atoms with Crippen LogP contribution in [0.3, 0.4) is 0 Å². The molecule has 92 valence electrons. The second-order valence-electron chi connectivity index (χ2n) is 5.80. The van der Waals surface area contributed by atoms with Gasteiger partial charge in [0.1, 0.15) is 0 Å². The molecule has 16 heavy (non-hydrogen) atoms. The van der Waals surface area contributed by atoms with E-state index in [4.69, 9.17) is 10.5 Å². The van der Waals surface area contributed by atoms with Gasteiger partial charge in [0.25, 0.3) is 0 Å². The van der Waals surface area contributed by atoms with Crippen LogP contribution in [0.2, 0.25) is 0 Å². The summed E-state index contributed by atoms with van der Waals surface area (Å²) in [5.41, 5.74) is 6.72. The van der Waals surface area contributed by atoms with Gasteiger partial charge in [0.2, 0.25) is 0 Å². The summed E-state index contributed by atoms with van der Waals surface area (Å²) in [5, 5.41) is 0. The maximum atomic E-state index is 6.30. The zero-order valence-electron chi connectivity index (χ0n) is 10.2. The van der Waals surface area contributed by atoms with E-state index in [2.05, 4.69) is 4.90 Å². The van der Waals surface area contributed by atoms with E-state index in [1.165, 1.54) is 51.6 Å². The number of piperidine rings is 1. The maximum absolute atomic E-state index is 6.30. The third-order valence-electron chi connectivity index (χ3n) is 5.13. The number of ether oxygens (including phenoxy) is 1. The number of hydrogen-bond acceptors (Lipinski definition) is 3. The second kappa shape index (κ2) is 4.28. The molecular weight excluding hydrogens is 200 g/mol. The van der Waals surface area contributed by atoms with Crippen molar-refractivity contribution < 1.29 is 4.74 Å². The first kappa shape index (κ1) is 11.0. The zero-order valence-corrected chi connectivity index (χ0v) is 10.2. The molecule has 0 bridgehead atoms. The van der Waals surface area contributed by atoms with Gasteiger partial charge in [-0.15, -0.1) is 0 Å². The van der Waals surface area contributed by atoms with Gasteiger partial charge in [-0.05, 0) is 45.2 Å². The van der Waals surface area contributed by atoms with E-state index in [-0.39, 0.29) is 0 Å². The van der Waals surface area contributed by atoms with Gasteiger partial charge in [-0.1, -0.05) is 6.42 Å². The monoisotopic (exact) mass is 224 g/mol. The molecule has 3 nitrogen and oxygen atoms in total. The van der Waals surface area contributed by atoms with Crippen molar-refractivity contribution in [3.05, 3.63) is 0 Å². The lowest BCUT2D eigenvalue weighted by molar-refractivity contribution is -0.116. The van der Waals surface area contributed by atoms with Crippen LogP contribution in [0, 0.1) is 5.41 Å². The van der Waals surface area contributed by atoms with Gasteiger partial charge in [0.05, 0.1) is 0 Å². The number of rotatable bonds is 1. The van der Waals surface area contributed by atoms with Crippen molar-refractivity contribution >= 4 is 0 Å². The third kappa shape index (κ3) is 1.60. The molecule has 2 atom stereocenters. The lowest BCUT2D eigenvalue weighted by Crippen LogP contribution is -2.69. The van der Waals surface area contributed by atoms with Gasteiger partial charge in [-0.25, -0.2) is 0 Å². The first-order valence-electron chi connectivity index (χ1n) is 6.90. The molecule has 1 aliphatic carbocycles. The van der Waals surface area contributed by atoms with E-state index in [9.17, 15) is 0 Å². The summed E-state index contributed by atoms with van der Waals surface area (Å²) in [6.07, 6.45) is 7.80. The van der Waals surface area contributed by atoms with Crippen LogP contribution in [0.1, 0.15) is 38.5 Å². The third-order valence-corrected chi connectivity index (χ3v) is 5.13. The van der Waals surface area contributed by atoms with Crippen molar-refractivity contribution in [3.63, 3.8) is 0 Å². The van der Waals surface area contributed by atoms with Crippen LogP contribution in [0.4, 0.5) is 0 Å². The van der Waals surface area contributed by atoms with Gasteiger partial charge >= 0.3 is 0 Å². The fraction of sp³-hybridized carbons (Fsp3) is 1.00. The smallest absolute Gasteiger partial charge is 0.0472 e. The Bertz CT molecular complexity index is 244. The molecule has 1 saturated carbocycles. The second-order valence-corrected chi connectivity index (χ2v) is 5.80. The first-order chi connectivity index (χ1) is 7.83. The minimum atomic E-state index is 0.412. The molecule has 0 amide bonds. The molecule has 3 aliphatic rings. The molecule has 3 heteroatoms. The summed E-state index contributed by atoms with van der Waals surface area (Å²) in [5.74, 6) is 0. The summed E-state index contributed by atoms with van der Waals surface area (Å²) in [6.45, 7) is 4.47. The Balaban J connectivity index is 1.70. The standard InChI is InChI=1S/C13H24N2O/c14-11-10-12(15-6-2-1-3-7-15)13(11)4-8-16-9-5-13/h11-12H,1-10,14H2. The van der Waals surface area contributed by atoms with Crippen LogP contribution in [0.15, 0.2) is 0 Å². The van der Waals surface area contributed by atoms with E-state index in [0.717, 1.165) is 19.3 Å². The number of hydrogen-bond donors (Lipinski definition) is 1. The molecular formula is C13H24N2O. The Morgan fingerprint density at radius 2 is 1.75 bits per heavy atom. The Morgan fingerprint density at radius 1 is 1.06 bits per heavy atom. The van der Waals surface area contributed by atoms with E-state index in [1.54, 1.807) is 0 Å². The maximum Gasteiger partial charge on any atom is 0.0472 e. The Morgan fingerprint density at radius 3 is 2.38 bits per heavy atom. The summed E-state index contributed by atoms with van der Waals surface area (Å²) < 4.78 is 5.51. The van der Waals surface area contributed by atoms with Gasteiger partial charge in [0.15, 0.2) is 0 Å². The predicted octanol–water partition coefficient (Wildman–Crippen LogP) is 1.37. The van der Waals surface area contributed by atoms with Crippen molar-refractivity contribution in [2.75, 3.05) is 26.3 Å². The molecule has 3 fully saturated rings. The van der Waals surface area contributed by atoms with Crippen molar-refractivity contribution in [1.29, 1.82) is 0 Å². The lowest BCUT2D eigenvalue weighted by atomic mass is 9.56. The predicted molar refractivity (Wildman–Crippen MR) is 64.3 cm³/mol. The minimum Gasteiger partial charge on any atom is -0.381 e. The van der Waals surface area contributed by atoms with Gasteiger partial charge in [-0.3, -0.25) is 4.90 Å². The van der Waals surface area contributed by atoms with E-state index >= 15 is 0 Å². The van der Waals surface area contributed by atoms with E-state index in [0.29, 0.717) is 11.5 Å². The van der Waals surface area contributed by atoms with Gasteiger partial charge in [-0.2, -0.15) is 0 Å². The van der Waals surface area contributed by atoms with Crippen LogP contribution in [0.5, 0.6) is 0 Å². The van der Waals surface area contributed by atoms with Crippen molar-refractivity contribution in [3.8, 4) is 0 Å². The van der Waals surface area contributed by atoms with Crippen LogP contribution >= 0.6 is 0 Å². The quantitative estimate of drug-likeness (QED) is 0.731. The van der Waals surface area contributed by atoms with Gasteiger partial charge in [0, 0.05) is 30.7 Å². The molecule has 0 aromatic rings. The highest BCUT2D eigenvalue weighted by molar-refractivity contribution is 5.10.